The van der Waals surface area contributed by atoms with Crippen LogP contribution in [-0.4, -0.2) is 9.97 Å². The molecule has 0 saturated heterocycles. The highest BCUT2D eigenvalue weighted by Gasteiger charge is 2.14. The lowest BCUT2D eigenvalue weighted by Crippen LogP contribution is -2.19. The number of thiazole rings is 1. The van der Waals surface area contributed by atoms with Gasteiger partial charge in [0.15, 0.2) is 0 Å². The molecule has 98 valence electrons. The first-order valence-electron chi connectivity index (χ1n) is 6.07. The predicted molar refractivity (Wildman–Crippen MR) is 72.8 cm³/mol. The average molecular weight is 265 g/mol. The van der Waals surface area contributed by atoms with E-state index >= 15 is 0 Å². The van der Waals surface area contributed by atoms with E-state index in [9.17, 15) is 0 Å². The SMILES string of the molecule is Cc1nc(C(C)NCc2nc(C)c(C)o2)c(C)s1. The summed E-state index contributed by atoms with van der Waals surface area (Å²) in [6, 6.07) is 0.211. The van der Waals surface area contributed by atoms with Crippen LogP contribution in [0, 0.1) is 27.7 Å². The molecule has 1 atom stereocenters. The summed E-state index contributed by atoms with van der Waals surface area (Å²) in [5.41, 5.74) is 2.08. The Morgan fingerprint density at radius 1 is 1.22 bits per heavy atom. The Balaban J connectivity index is 2.00. The number of oxazole rings is 1. The monoisotopic (exact) mass is 265 g/mol. The van der Waals surface area contributed by atoms with E-state index in [1.807, 2.05) is 20.8 Å². The van der Waals surface area contributed by atoms with E-state index in [0.29, 0.717) is 6.54 Å². The number of hydrogen-bond acceptors (Lipinski definition) is 5. The van der Waals surface area contributed by atoms with Crippen molar-refractivity contribution >= 4 is 11.3 Å². The van der Waals surface area contributed by atoms with Gasteiger partial charge in [0.1, 0.15) is 5.76 Å². The maximum absolute atomic E-state index is 5.54. The van der Waals surface area contributed by atoms with Crippen LogP contribution in [0.4, 0.5) is 0 Å². The Morgan fingerprint density at radius 2 is 1.94 bits per heavy atom. The van der Waals surface area contributed by atoms with Crippen molar-refractivity contribution in [2.45, 2.75) is 47.2 Å². The molecular weight excluding hydrogens is 246 g/mol. The molecule has 0 amide bonds. The summed E-state index contributed by atoms with van der Waals surface area (Å²) in [5, 5.41) is 4.51. The molecule has 0 aliphatic carbocycles. The molecule has 0 bridgehead atoms. The van der Waals surface area contributed by atoms with Gasteiger partial charge in [-0.2, -0.15) is 0 Å². The minimum atomic E-state index is 0.211. The summed E-state index contributed by atoms with van der Waals surface area (Å²) in [6.45, 7) is 10.8. The molecule has 0 aliphatic heterocycles. The second-order valence-corrected chi connectivity index (χ2v) is 5.93. The van der Waals surface area contributed by atoms with Gasteiger partial charge in [0.25, 0.3) is 0 Å². The van der Waals surface area contributed by atoms with Crippen LogP contribution in [0.5, 0.6) is 0 Å². The van der Waals surface area contributed by atoms with E-state index in [1.54, 1.807) is 11.3 Å². The summed E-state index contributed by atoms with van der Waals surface area (Å²) in [6.07, 6.45) is 0. The van der Waals surface area contributed by atoms with Gasteiger partial charge < -0.3 is 9.73 Å². The smallest absolute Gasteiger partial charge is 0.208 e. The minimum absolute atomic E-state index is 0.211. The Labute approximate surface area is 111 Å². The van der Waals surface area contributed by atoms with E-state index in [4.69, 9.17) is 4.42 Å². The summed E-state index contributed by atoms with van der Waals surface area (Å²) >= 11 is 1.74. The maximum atomic E-state index is 5.54. The van der Waals surface area contributed by atoms with E-state index < -0.39 is 0 Å². The van der Waals surface area contributed by atoms with Gasteiger partial charge in [0.05, 0.1) is 22.9 Å². The Bertz CT molecular complexity index is 525. The zero-order chi connectivity index (χ0) is 13.3. The maximum Gasteiger partial charge on any atom is 0.208 e. The third-order valence-corrected chi connectivity index (χ3v) is 3.88. The van der Waals surface area contributed by atoms with Gasteiger partial charge in [0.2, 0.25) is 5.89 Å². The molecule has 0 fully saturated rings. The lowest BCUT2D eigenvalue weighted by atomic mass is 10.2. The summed E-state index contributed by atoms with van der Waals surface area (Å²) < 4.78 is 5.54. The van der Waals surface area contributed by atoms with Crippen LogP contribution in [0.25, 0.3) is 0 Å². The molecule has 0 radical (unpaired) electrons. The van der Waals surface area contributed by atoms with Crippen LogP contribution in [-0.2, 0) is 6.54 Å². The number of rotatable bonds is 4. The van der Waals surface area contributed by atoms with Crippen molar-refractivity contribution in [1.29, 1.82) is 0 Å². The molecule has 0 aliphatic rings. The molecule has 2 heterocycles. The minimum Gasteiger partial charge on any atom is -0.444 e. The highest BCUT2D eigenvalue weighted by Crippen LogP contribution is 2.22. The fraction of sp³-hybridized carbons (Fsp3) is 0.538. The number of aromatic nitrogens is 2. The van der Waals surface area contributed by atoms with E-state index in [2.05, 4.69) is 29.1 Å². The van der Waals surface area contributed by atoms with Gasteiger partial charge in [-0.3, -0.25) is 0 Å². The lowest BCUT2D eigenvalue weighted by molar-refractivity contribution is 0.429. The highest BCUT2D eigenvalue weighted by atomic mass is 32.1. The first-order valence-corrected chi connectivity index (χ1v) is 6.89. The molecule has 2 aromatic rings. The highest BCUT2D eigenvalue weighted by molar-refractivity contribution is 7.11. The summed E-state index contributed by atoms with van der Waals surface area (Å²) in [7, 11) is 0. The molecule has 1 unspecified atom stereocenters. The van der Waals surface area contributed by atoms with Crippen molar-refractivity contribution in [3.05, 3.63) is 32.9 Å². The van der Waals surface area contributed by atoms with E-state index in [0.717, 1.165) is 28.0 Å². The molecule has 2 rings (SSSR count). The standard InChI is InChI=1S/C13H19N3OS/c1-7-9(3)17-12(15-7)6-14-8(2)13-10(4)18-11(5)16-13/h8,14H,6H2,1-5H3. The zero-order valence-corrected chi connectivity index (χ0v) is 12.3. The molecule has 0 aromatic carbocycles. The first kappa shape index (κ1) is 13.2. The largest absolute Gasteiger partial charge is 0.444 e. The van der Waals surface area contributed by atoms with Crippen LogP contribution >= 0.6 is 11.3 Å². The topological polar surface area (TPSA) is 51.0 Å². The number of aryl methyl sites for hydroxylation is 4. The van der Waals surface area contributed by atoms with Crippen LogP contribution in [0.3, 0.4) is 0 Å². The van der Waals surface area contributed by atoms with E-state index in [-0.39, 0.29) is 6.04 Å². The number of nitrogens with zero attached hydrogens (tertiary/aromatic N) is 2. The third kappa shape index (κ3) is 2.79. The predicted octanol–water partition coefficient (Wildman–Crippen LogP) is 3.22. The number of hydrogen-bond donors (Lipinski definition) is 1. The Kier molecular flexibility index (Phi) is 3.82. The van der Waals surface area contributed by atoms with Crippen LogP contribution in [0.15, 0.2) is 4.42 Å². The van der Waals surface area contributed by atoms with Gasteiger partial charge in [-0.1, -0.05) is 0 Å². The molecule has 2 aromatic heterocycles. The first-order chi connectivity index (χ1) is 8.47. The second kappa shape index (κ2) is 5.20. The molecule has 18 heavy (non-hydrogen) atoms. The lowest BCUT2D eigenvalue weighted by Gasteiger charge is -2.10. The van der Waals surface area contributed by atoms with Crippen molar-refractivity contribution in [2.24, 2.45) is 0 Å². The molecular formula is C13H19N3OS. The Hall–Kier alpha value is -1.20. The second-order valence-electron chi connectivity index (χ2n) is 4.53. The molecule has 1 N–H and O–H groups in total. The van der Waals surface area contributed by atoms with Gasteiger partial charge in [-0.15, -0.1) is 11.3 Å². The van der Waals surface area contributed by atoms with Crippen molar-refractivity contribution in [1.82, 2.24) is 15.3 Å². The molecule has 4 nitrogen and oxygen atoms in total. The van der Waals surface area contributed by atoms with Crippen molar-refractivity contribution in [3.8, 4) is 0 Å². The Morgan fingerprint density at radius 3 is 2.44 bits per heavy atom. The zero-order valence-electron chi connectivity index (χ0n) is 11.5. The summed E-state index contributed by atoms with van der Waals surface area (Å²) in [5.74, 6) is 1.63. The molecule has 5 heteroatoms. The van der Waals surface area contributed by atoms with Crippen LogP contribution < -0.4 is 5.32 Å². The quantitative estimate of drug-likeness (QED) is 0.922. The molecule has 0 saturated carbocycles. The number of nitrogens with one attached hydrogen (secondary N) is 1. The summed E-state index contributed by atoms with van der Waals surface area (Å²) in [4.78, 5) is 10.2. The van der Waals surface area contributed by atoms with Gasteiger partial charge in [0, 0.05) is 10.9 Å². The van der Waals surface area contributed by atoms with Gasteiger partial charge in [-0.25, -0.2) is 9.97 Å². The van der Waals surface area contributed by atoms with Crippen LogP contribution in [0.1, 0.15) is 45.9 Å². The van der Waals surface area contributed by atoms with E-state index in [1.165, 1.54) is 4.88 Å². The van der Waals surface area contributed by atoms with Crippen LogP contribution in [0.2, 0.25) is 0 Å². The fourth-order valence-electron chi connectivity index (χ4n) is 1.90. The van der Waals surface area contributed by atoms with Crippen molar-refractivity contribution < 1.29 is 4.42 Å². The fourth-order valence-corrected chi connectivity index (χ4v) is 2.81. The third-order valence-electron chi connectivity index (χ3n) is 2.98. The van der Waals surface area contributed by atoms with Crippen molar-refractivity contribution in [2.75, 3.05) is 0 Å². The van der Waals surface area contributed by atoms with Crippen molar-refractivity contribution in [3.63, 3.8) is 0 Å². The molecule has 0 spiro atoms. The average Bonchev–Trinajstić information content (AvgIpc) is 2.79. The van der Waals surface area contributed by atoms with Gasteiger partial charge >= 0.3 is 0 Å². The van der Waals surface area contributed by atoms with Gasteiger partial charge in [-0.05, 0) is 34.6 Å². The normalized spacial score (nSPS) is 12.9.